The van der Waals surface area contributed by atoms with Crippen molar-refractivity contribution in [2.45, 2.75) is 12.8 Å². The molecule has 1 aromatic heterocycles. The van der Waals surface area contributed by atoms with Gasteiger partial charge in [0.1, 0.15) is 11.6 Å². The number of nitrogens with zero attached hydrogens (tertiary/aromatic N) is 4. The molecular weight excluding hydrogens is 561 g/mol. The molecule has 1 amide bonds. The minimum absolute atomic E-state index is 0.134. The van der Waals surface area contributed by atoms with Crippen molar-refractivity contribution >= 4 is 44.2 Å². The Morgan fingerprint density at radius 3 is 2.59 bits per heavy atom. The van der Waals surface area contributed by atoms with Crippen molar-refractivity contribution in [3.8, 4) is 11.4 Å². The molecule has 7 nitrogen and oxygen atoms in total. The van der Waals surface area contributed by atoms with E-state index in [0.29, 0.717) is 18.1 Å². The normalized spacial score (nSPS) is 13.9. The van der Waals surface area contributed by atoms with Crippen LogP contribution in [0.2, 0.25) is 0 Å². The Morgan fingerprint density at radius 2 is 1.79 bits per heavy atom. The largest absolute Gasteiger partial charge is 0.379 e. The van der Waals surface area contributed by atoms with Crippen LogP contribution in [-0.4, -0.2) is 66.7 Å². The average Bonchev–Trinajstić information content (AvgIpc) is 2.96. The quantitative estimate of drug-likeness (QED) is 0.253. The summed E-state index contributed by atoms with van der Waals surface area (Å²) in [6.07, 6.45) is 1.18. The summed E-state index contributed by atoms with van der Waals surface area (Å²) in [7, 11) is 0. The van der Waals surface area contributed by atoms with Crippen LogP contribution in [0, 0.1) is 5.82 Å². The zero-order chi connectivity index (χ0) is 27.0. The minimum atomic E-state index is -0.337. The lowest BCUT2D eigenvalue weighted by molar-refractivity contribution is -0.116. The van der Waals surface area contributed by atoms with Crippen LogP contribution in [0.3, 0.4) is 0 Å². The van der Waals surface area contributed by atoms with E-state index in [2.05, 4.69) is 31.0 Å². The number of benzene rings is 3. The Labute approximate surface area is 236 Å². The topological polar surface area (TPSA) is 70.6 Å². The van der Waals surface area contributed by atoms with E-state index in [-0.39, 0.29) is 18.1 Å². The van der Waals surface area contributed by atoms with Crippen LogP contribution in [0.4, 0.5) is 15.9 Å². The maximum Gasteiger partial charge on any atom is 0.226 e. The van der Waals surface area contributed by atoms with Crippen molar-refractivity contribution in [3.63, 3.8) is 0 Å². The van der Waals surface area contributed by atoms with E-state index < -0.39 is 0 Å². The third-order valence-electron chi connectivity index (χ3n) is 6.71. The number of hydrogen-bond acceptors (Lipinski definition) is 6. The molecule has 3 aromatic carbocycles. The molecule has 0 saturated carbocycles. The number of carbonyl (C=O) groups excluding carboxylic acids is 1. The number of ether oxygens (including phenoxy) is 1. The monoisotopic (exact) mass is 591 g/mol. The van der Waals surface area contributed by atoms with E-state index in [1.165, 1.54) is 12.1 Å². The van der Waals surface area contributed by atoms with Crippen LogP contribution in [0.25, 0.3) is 22.3 Å². The van der Waals surface area contributed by atoms with Crippen LogP contribution in [0.1, 0.15) is 12.8 Å². The van der Waals surface area contributed by atoms with Gasteiger partial charge in [-0.1, -0.05) is 40.2 Å². The highest BCUT2D eigenvalue weighted by Crippen LogP contribution is 2.29. The molecule has 9 heteroatoms. The zero-order valence-electron chi connectivity index (χ0n) is 21.7. The molecule has 1 saturated heterocycles. The molecule has 1 N–H and O–H groups in total. The van der Waals surface area contributed by atoms with Crippen molar-refractivity contribution in [3.05, 3.63) is 83.1 Å². The van der Waals surface area contributed by atoms with Crippen molar-refractivity contribution in [2.75, 3.05) is 56.2 Å². The molecule has 0 aliphatic carbocycles. The molecule has 0 radical (unpaired) electrons. The molecule has 2 heterocycles. The Balaban J connectivity index is 1.40. The van der Waals surface area contributed by atoms with E-state index in [4.69, 9.17) is 14.7 Å². The lowest BCUT2D eigenvalue weighted by Gasteiger charge is -2.29. The number of rotatable bonds is 10. The smallest absolute Gasteiger partial charge is 0.226 e. The molecular formula is C30H31BrFN5O2. The molecule has 4 aromatic rings. The fraction of sp³-hybridized carbons (Fsp3) is 0.300. The molecule has 0 atom stereocenters. The predicted octanol–water partition coefficient (Wildman–Crippen LogP) is 5.76. The number of fused-ring (bicyclic) bond motifs is 1. The fourth-order valence-electron chi connectivity index (χ4n) is 4.68. The van der Waals surface area contributed by atoms with Gasteiger partial charge >= 0.3 is 0 Å². The van der Waals surface area contributed by atoms with E-state index in [1.54, 1.807) is 12.1 Å². The summed E-state index contributed by atoms with van der Waals surface area (Å²) in [6.45, 7) is 5.56. The van der Waals surface area contributed by atoms with Gasteiger partial charge in [-0.25, -0.2) is 14.4 Å². The summed E-state index contributed by atoms with van der Waals surface area (Å²) in [6, 6.07) is 21.7. The summed E-state index contributed by atoms with van der Waals surface area (Å²) < 4.78 is 19.7. The number of carbonyl (C=O) groups is 1. The lowest BCUT2D eigenvalue weighted by atomic mass is 10.1. The number of morpholine rings is 1. The van der Waals surface area contributed by atoms with Gasteiger partial charge in [-0.2, -0.15) is 0 Å². The van der Waals surface area contributed by atoms with Gasteiger partial charge in [0.25, 0.3) is 0 Å². The molecule has 1 fully saturated rings. The number of anilines is 2. The van der Waals surface area contributed by atoms with Crippen molar-refractivity contribution in [1.82, 2.24) is 14.9 Å². The Kier molecular flexibility index (Phi) is 9.13. The third kappa shape index (κ3) is 7.38. The predicted molar refractivity (Wildman–Crippen MR) is 156 cm³/mol. The Bertz CT molecular complexity index is 1410. The van der Waals surface area contributed by atoms with Crippen LogP contribution in [0.5, 0.6) is 0 Å². The number of amides is 1. The second-order valence-electron chi connectivity index (χ2n) is 9.50. The number of para-hydroxylation sites is 1. The summed E-state index contributed by atoms with van der Waals surface area (Å²) in [5.74, 6) is 0.979. The molecule has 202 valence electrons. The first kappa shape index (κ1) is 27.2. The molecule has 0 bridgehead atoms. The van der Waals surface area contributed by atoms with Crippen LogP contribution in [0.15, 0.2) is 77.3 Å². The van der Waals surface area contributed by atoms with Crippen molar-refractivity contribution in [1.29, 1.82) is 0 Å². The van der Waals surface area contributed by atoms with E-state index in [1.807, 2.05) is 48.5 Å². The lowest BCUT2D eigenvalue weighted by Crippen LogP contribution is -2.38. The van der Waals surface area contributed by atoms with Gasteiger partial charge in [0.05, 0.1) is 18.7 Å². The first-order valence-electron chi connectivity index (χ1n) is 13.2. The zero-order valence-corrected chi connectivity index (χ0v) is 23.2. The van der Waals surface area contributed by atoms with Crippen LogP contribution in [-0.2, 0) is 9.53 Å². The van der Waals surface area contributed by atoms with E-state index >= 15 is 0 Å². The number of aromatic nitrogens is 2. The van der Waals surface area contributed by atoms with Crippen LogP contribution < -0.4 is 10.2 Å². The van der Waals surface area contributed by atoms with Gasteiger partial charge in [-0.3, -0.25) is 9.69 Å². The van der Waals surface area contributed by atoms with Gasteiger partial charge in [0.2, 0.25) is 5.91 Å². The molecule has 1 aliphatic heterocycles. The first-order chi connectivity index (χ1) is 19.0. The van der Waals surface area contributed by atoms with Gasteiger partial charge in [-0.15, -0.1) is 0 Å². The molecule has 1 aliphatic rings. The van der Waals surface area contributed by atoms with Gasteiger partial charge in [0.15, 0.2) is 5.82 Å². The second kappa shape index (κ2) is 13.1. The summed E-state index contributed by atoms with van der Waals surface area (Å²) in [5.41, 5.74) is 2.34. The highest BCUT2D eigenvalue weighted by molar-refractivity contribution is 9.10. The minimum Gasteiger partial charge on any atom is -0.379 e. The Hall–Kier alpha value is -3.40. The van der Waals surface area contributed by atoms with Gasteiger partial charge in [0, 0.05) is 60.3 Å². The molecule has 0 unspecified atom stereocenters. The van der Waals surface area contributed by atoms with Gasteiger partial charge in [-0.05, 0) is 55.0 Å². The second-order valence-corrected chi connectivity index (χ2v) is 10.4. The molecule has 5 rings (SSSR count). The maximum atomic E-state index is 13.3. The van der Waals surface area contributed by atoms with Crippen molar-refractivity contribution < 1.29 is 13.9 Å². The van der Waals surface area contributed by atoms with Gasteiger partial charge < -0.3 is 15.0 Å². The Morgan fingerprint density at radius 1 is 1.00 bits per heavy atom. The summed E-state index contributed by atoms with van der Waals surface area (Å²) >= 11 is 3.56. The maximum absolute atomic E-state index is 13.3. The average molecular weight is 593 g/mol. The first-order valence-corrected chi connectivity index (χ1v) is 14.0. The van der Waals surface area contributed by atoms with E-state index in [9.17, 15) is 9.18 Å². The number of halogens is 2. The van der Waals surface area contributed by atoms with Crippen LogP contribution >= 0.6 is 15.9 Å². The fourth-order valence-corrected chi connectivity index (χ4v) is 5.08. The SMILES string of the molecule is O=C(CCN(CCCN1CCOCC1)c1nc(-c2cccc(Br)c2)nc2ccccc12)Nc1ccc(F)cc1. The number of nitrogens with one attached hydrogen (secondary N) is 1. The standard InChI is InChI=1S/C30H31BrFN5O2/c31-23-6-3-5-22(21-23)29-34-27-8-2-1-7-26(27)30(35-29)37(15-4-14-36-17-19-39-20-18-36)16-13-28(38)33-25-11-9-24(32)10-12-25/h1-3,5-12,21H,4,13-20H2,(H,33,38). The molecule has 39 heavy (non-hydrogen) atoms. The summed E-state index contributed by atoms with van der Waals surface area (Å²) in [4.78, 5) is 27.3. The molecule has 0 spiro atoms. The summed E-state index contributed by atoms with van der Waals surface area (Å²) in [5, 5.41) is 3.82. The highest BCUT2D eigenvalue weighted by atomic mass is 79.9. The van der Waals surface area contributed by atoms with Crippen molar-refractivity contribution in [2.24, 2.45) is 0 Å². The number of hydrogen-bond donors (Lipinski definition) is 1. The van der Waals surface area contributed by atoms with E-state index in [0.717, 1.165) is 72.6 Å². The highest BCUT2D eigenvalue weighted by Gasteiger charge is 2.18. The third-order valence-corrected chi connectivity index (χ3v) is 7.20.